The summed E-state index contributed by atoms with van der Waals surface area (Å²) in [5.41, 5.74) is 2.72. The fourth-order valence-corrected chi connectivity index (χ4v) is 3.71. The third-order valence-electron chi connectivity index (χ3n) is 5.39. The monoisotopic (exact) mass is 428 g/mol. The van der Waals surface area contributed by atoms with Gasteiger partial charge in [-0.15, -0.1) is 0 Å². The Labute approximate surface area is 181 Å². The lowest BCUT2D eigenvalue weighted by atomic mass is 9.88. The van der Waals surface area contributed by atoms with Crippen LogP contribution < -0.4 is 14.2 Å². The van der Waals surface area contributed by atoms with Gasteiger partial charge >= 0.3 is 11.9 Å². The molecule has 166 valence electrons. The minimum atomic E-state index is -0.803. The average molecular weight is 428 g/mol. The molecular formula is C24H28O7. The van der Waals surface area contributed by atoms with Crippen LogP contribution in [0.2, 0.25) is 0 Å². The van der Waals surface area contributed by atoms with Gasteiger partial charge < -0.3 is 24.1 Å². The molecule has 0 amide bonds. The van der Waals surface area contributed by atoms with Crippen LogP contribution in [0.15, 0.2) is 30.3 Å². The molecule has 7 nitrogen and oxygen atoms in total. The number of carboxylic acid groups (broad SMARTS) is 1. The first-order valence-electron chi connectivity index (χ1n) is 10.2. The number of esters is 1. The maximum atomic E-state index is 12.0. The van der Waals surface area contributed by atoms with Gasteiger partial charge in [0.05, 0.1) is 26.4 Å². The van der Waals surface area contributed by atoms with Crippen molar-refractivity contribution in [3.63, 3.8) is 0 Å². The molecule has 31 heavy (non-hydrogen) atoms. The third-order valence-corrected chi connectivity index (χ3v) is 5.39. The summed E-state index contributed by atoms with van der Waals surface area (Å²) < 4.78 is 22.6. The van der Waals surface area contributed by atoms with Gasteiger partial charge in [-0.25, -0.2) is 4.79 Å². The van der Waals surface area contributed by atoms with E-state index in [2.05, 4.69) is 0 Å². The Hall–Kier alpha value is -3.22. The van der Waals surface area contributed by atoms with Gasteiger partial charge in [0.25, 0.3) is 0 Å². The molecule has 1 aliphatic heterocycles. The molecule has 0 unspecified atom stereocenters. The SMILES string of the molecule is COc1ccc(-c2cccc3c2COC3=O)c(OCC(C)(C)CCCC(=O)O)c1OC. The first kappa shape index (κ1) is 22.5. The second-order valence-corrected chi connectivity index (χ2v) is 8.29. The van der Waals surface area contributed by atoms with Crippen molar-refractivity contribution in [3.05, 3.63) is 41.5 Å². The molecule has 0 saturated heterocycles. The Morgan fingerprint density at radius 3 is 2.48 bits per heavy atom. The summed E-state index contributed by atoms with van der Waals surface area (Å²) in [5, 5.41) is 8.91. The number of carbonyl (C=O) groups excluding carboxylic acids is 1. The number of carboxylic acids is 1. The quantitative estimate of drug-likeness (QED) is 0.548. The Balaban J connectivity index is 1.97. The highest BCUT2D eigenvalue weighted by Gasteiger charge is 2.28. The van der Waals surface area contributed by atoms with E-state index in [-0.39, 0.29) is 24.4 Å². The number of carbonyl (C=O) groups is 2. The van der Waals surface area contributed by atoms with Gasteiger partial charge in [0.2, 0.25) is 5.75 Å². The van der Waals surface area contributed by atoms with Crippen LogP contribution in [0, 0.1) is 5.41 Å². The zero-order valence-electron chi connectivity index (χ0n) is 18.3. The zero-order chi connectivity index (χ0) is 22.6. The Kier molecular flexibility index (Phi) is 6.73. The predicted molar refractivity (Wildman–Crippen MR) is 115 cm³/mol. The Bertz CT molecular complexity index is 978. The summed E-state index contributed by atoms with van der Waals surface area (Å²) in [4.78, 5) is 22.9. The largest absolute Gasteiger partial charge is 0.493 e. The first-order valence-corrected chi connectivity index (χ1v) is 10.2. The van der Waals surface area contributed by atoms with E-state index in [0.717, 1.165) is 16.7 Å². The lowest BCUT2D eigenvalue weighted by Crippen LogP contribution is -2.22. The van der Waals surface area contributed by atoms with Crippen LogP contribution >= 0.6 is 0 Å². The second-order valence-electron chi connectivity index (χ2n) is 8.29. The number of cyclic esters (lactones) is 1. The van der Waals surface area contributed by atoms with E-state index < -0.39 is 5.97 Å². The highest BCUT2D eigenvalue weighted by molar-refractivity contribution is 5.96. The molecule has 0 fully saturated rings. The minimum absolute atomic E-state index is 0.126. The molecule has 0 bridgehead atoms. The third kappa shape index (κ3) is 4.93. The summed E-state index contributed by atoms with van der Waals surface area (Å²) in [6, 6.07) is 9.17. The van der Waals surface area contributed by atoms with Crippen molar-refractivity contribution in [2.45, 2.75) is 39.7 Å². The maximum Gasteiger partial charge on any atom is 0.338 e. The van der Waals surface area contributed by atoms with E-state index in [0.29, 0.717) is 42.3 Å². The Morgan fingerprint density at radius 2 is 1.81 bits per heavy atom. The van der Waals surface area contributed by atoms with E-state index >= 15 is 0 Å². The molecular weight excluding hydrogens is 400 g/mol. The van der Waals surface area contributed by atoms with Gasteiger partial charge in [-0.3, -0.25) is 4.79 Å². The number of aliphatic carboxylic acids is 1. The molecule has 2 aromatic rings. The summed E-state index contributed by atoms with van der Waals surface area (Å²) in [6.45, 7) is 4.63. The van der Waals surface area contributed by atoms with Crippen LogP contribution in [0.3, 0.4) is 0 Å². The maximum absolute atomic E-state index is 12.0. The number of hydrogen-bond donors (Lipinski definition) is 1. The van der Waals surface area contributed by atoms with Gasteiger partial charge in [0, 0.05) is 17.5 Å². The highest BCUT2D eigenvalue weighted by Crippen LogP contribution is 2.47. The van der Waals surface area contributed by atoms with Gasteiger partial charge in [0.1, 0.15) is 6.61 Å². The van der Waals surface area contributed by atoms with Crippen LogP contribution in [-0.4, -0.2) is 37.9 Å². The van der Waals surface area contributed by atoms with E-state index in [1.54, 1.807) is 26.4 Å². The molecule has 1 heterocycles. The molecule has 0 saturated carbocycles. The fraction of sp³-hybridized carbons (Fsp3) is 0.417. The summed E-state index contributed by atoms with van der Waals surface area (Å²) in [7, 11) is 3.11. The summed E-state index contributed by atoms with van der Waals surface area (Å²) in [5.74, 6) is 0.373. The van der Waals surface area contributed by atoms with Crippen molar-refractivity contribution in [2.24, 2.45) is 5.41 Å². The number of fused-ring (bicyclic) bond motifs is 1. The average Bonchev–Trinajstić information content (AvgIpc) is 3.12. The van der Waals surface area contributed by atoms with E-state index in [9.17, 15) is 9.59 Å². The van der Waals surface area contributed by atoms with E-state index in [4.69, 9.17) is 24.1 Å². The smallest absolute Gasteiger partial charge is 0.338 e. The lowest BCUT2D eigenvalue weighted by molar-refractivity contribution is -0.137. The molecule has 1 aliphatic rings. The van der Waals surface area contributed by atoms with E-state index in [1.165, 1.54) is 0 Å². The zero-order valence-corrected chi connectivity index (χ0v) is 18.3. The van der Waals surface area contributed by atoms with Crippen LogP contribution in [0.4, 0.5) is 0 Å². The molecule has 3 rings (SSSR count). The molecule has 0 spiro atoms. The standard InChI is InChI=1S/C24H28O7/c1-24(2,12-6-9-20(25)26)14-31-21-16(10-11-19(28-3)22(21)29-4)15-7-5-8-17-18(15)13-30-23(17)27/h5,7-8,10-11H,6,9,12-14H2,1-4H3,(H,25,26). The van der Waals surface area contributed by atoms with Crippen LogP contribution in [0.1, 0.15) is 49.0 Å². The Morgan fingerprint density at radius 1 is 1.06 bits per heavy atom. The van der Waals surface area contributed by atoms with Gasteiger partial charge in [0.15, 0.2) is 11.5 Å². The van der Waals surface area contributed by atoms with Crippen molar-refractivity contribution in [3.8, 4) is 28.4 Å². The highest BCUT2D eigenvalue weighted by atomic mass is 16.5. The summed E-state index contributed by atoms with van der Waals surface area (Å²) in [6.07, 6.45) is 1.39. The van der Waals surface area contributed by atoms with Crippen molar-refractivity contribution in [2.75, 3.05) is 20.8 Å². The lowest BCUT2D eigenvalue weighted by Gasteiger charge is -2.26. The van der Waals surface area contributed by atoms with Crippen molar-refractivity contribution in [1.82, 2.24) is 0 Å². The number of ether oxygens (including phenoxy) is 4. The fourth-order valence-electron chi connectivity index (χ4n) is 3.71. The van der Waals surface area contributed by atoms with Gasteiger partial charge in [-0.1, -0.05) is 26.0 Å². The molecule has 7 heteroatoms. The van der Waals surface area contributed by atoms with Crippen molar-refractivity contribution in [1.29, 1.82) is 0 Å². The second kappa shape index (κ2) is 9.29. The van der Waals surface area contributed by atoms with Gasteiger partial charge in [-0.05, 0) is 42.0 Å². The van der Waals surface area contributed by atoms with Crippen LogP contribution in [0.25, 0.3) is 11.1 Å². The molecule has 2 aromatic carbocycles. The number of benzene rings is 2. The number of rotatable bonds is 10. The molecule has 0 aromatic heterocycles. The van der Waals surface area contributed by atoms with Crippen LogP contribution in [-0.2, 0) is 16.1 Å². The molecule has 0 aliphatic carbocycles. The number of methoxy groups -OCH3 is 2. The molecule has 0 radical (unpaired) electrons. The van der Waals surface area contributed by atoms with Crippen molar-refractivity contribution >= 4 is 11.9 Å². The topological polar surface area (TPSA) is 91.3 Å². The minimum Gasteiger partial charge on any atom is -0.493 e. The number of hydrogen-bond acceptors (Lipinski definition) is 6. The van der Waals surface area contributed by atoms with E-state index in [1.807, 2.05) is 32.0 Å². The van der Waals surface area contributed by atoms with Crippen molar-refractivity contribution < 1.29 is 33.6 Å². The predicted octanol–water partition coefficient (Wildman–Crippen LogP) is 4.70. The normalized spacial score (nSPS) is 12.8. The summed E-state index contributed by atoms with van der Waals surface area (Å²) >= 11 is 0. The molecule has 0 atom stereocenters. The van der Waals surface area contributed by atoms with Gasteiger partial charge in [-0.2, -0.15) is 0 Å². The first-order chi connectivity index (χ1) is 14.8. The van der Waals surface area contributed by atoms with Crippen LogP contribution in [0.5, 0.6) is 17.2 Å². The molecule has 1 N–H and O–H groups in total.